The summed E-state index contributed by atoms with van der Waals surface area (Å²) in [4.78, 5) is 32.1. The highest BCUT2D eigenvalue weighted by Gasteiger charge is 2.42. The number of hydrogen-bond donors (Lipinski definition) is 3. The van der Waals surface area contributed by atoms with Crippen LogP contribution in [0.3, 0.4) is 0 Å². The van der Waals surface area contributed by atoms with Gasteiger partial charge in [-0.15, -0.1) is 0 Å². The highest BCUT2D eigenvalue weighted by molar-refractivity contribution is 5.81. The predicted octanol–water partition coefficient (Wildman–Crippen LogP) is 2.85. The number of urea groups is 1. The van der Waals surface area contributed by atoms with Crippen molar-refractivity contribution in [1.82, 2.24) is 20.1 Å². The Morgan fingerprint density at radius 2 is 2.06 bits per heavy atom. The van der Waals surface area contributed by atoms with Crippen molar-refractivity contribution in [2.45, 2.75) is 51.2 Å². The van der Waals surface area contributed by atoms with Crippen molar-refractivity contribution in [1.29, 1.82) is 0 Å². The molecule has 0 bridgehead atoms. The summed E-state index contributed by atoms with van der Waals surface area (Å²) in [6, 6.07) is 8.38. The molecule has 1 aromatic carbocycles. The molecule has 3 amide bonds. The minimum absolute atomic E-state index is 0.0149. The predicted molar refractivity (Wildman–Crippen MR) is 118 cm³/mol. The van der Waals surface area contributed by atoms with Crippen LogP contribution in [0.1, 0.15) is 37.4 Å². The minimum Gasteiger partial charge on any atom is -0.453 e. The molecule has 0 spiro atoms. The zero-order chi connectivity index (χ0) is 22.0. The van der Waals surface area contributed by atoms with Crippen LogP contribution < -0.4 is 5.32 Å². The number of rotatable bonds is 6. The Morgan fingerprint density at radius 3 is 2.74 bits per heavy atom. The van der Waals surface area contributed by atoms with Crippen LogP contribution in [0, 0.1) is 5.92 Å². The van der Waals surface area contributed by atoms with Gasteiger partial charge in [0, 0.05) is 42.9 Å². The van der Waals surface area contributed by atoms with Gasteiger partial charge in [0.15, 0.2) is 0 Å². The second-order valence-corrected chi connectivity index (χ2v) is 8.68. The van der Waals surface area contributed by atoms with E-state index >= 15 is 0 Å². The first-order valence-corrected chi connectivity index (χ1v) is 11.1. The molecule has 2 aromatic rings. The summed E-state index contributed by atoms with van der Waals surface area (Å²) < 4.78 is 4.88. The summed E-state index contributed by atoms with van der Waals surface area (Å²) in [6.45, 7) is 3.41. The number of fused-ring (bicyclic) bond motifs is 1. The van der Waals surface area contributed by atoms with Gasteiger partial charge >= 0.3 is 12.1 Å². The van der Waals surface area contributed by atoms with Crippen molar-refractivity contribution in [3.8, 4) is 0 Å². The molecule has 3 N–H and O–H groups in total. The van der Waals surface area contributed by atoms with E-state index in [1.54, 1.807) is 4.90 Å². The van der Waals surface area contributed by atoms with Crippen LogP contribution in [0.25, 0.3) is 10.9 Å². The number of carbonyl (C=O) groups excluding carboxylic acids is 2. The molecule has 1 aliphatic heterocycles. The normalized spacial score (nSPS) is 21.2. The first kappa shape index (κ1) is 21.5. The molecule has 2 heterocycles. The zero-order valence-corrected chi connectivity index (χ0v) is 18.3. The Balaban J connectivity index is 1.44. The Labute approximate surface area is 182 Å². The lowest BCUT2D eigenvalue weighted by Crippen LogP contribution is -2.57. The van der Waals surface area contributed by atoms with Gasteiger partial charge in [0.2, 0.25) is 0 Å². The van der Waals surface area contributed by atoms with E-state index in [2.05, 4.69) is 41.5 Å². The lowest BCUT2D eigenvalue weighted by Gasteiger charge is -2.41. The van der Waals surface area contributed by atoms with Crippen molar-refractivity contribution in [2.75, 3.05) is 26.8 Å². The third-order valence-electron chi connectivity index (χ3n) is 6.35. The topological polar surface area (TPSA) is 97.9 Å². The molecule has 1 saturated heterocycles. The molecular weight excluding hydrogens is 396 g/mol. The average molecular weight is 429 g/mol. The van der Waals surface area contributed by atoms with Gasteiger partial charge in [-0.2, -0.15) is 0 Å². The lowest BCUT2D eigenvalue weighted by atomic mass is 9.94. The van der Waals surface area contributed by atoms with E-state index in [-0.39, 0.29) is 30.6 Å². The van der Waals surface area contributed by atoms with Gasteiger partial charge in [-0.3, -0.25) is 0 Å². The number of piperidine rings is 1. The molecule has 8 nitrogen and oxygen atoms in total. The highest BCUT2D eigenvalue weighted by atomic mass is 16.5. The van der Waals surface area contributed by atoms with E-state index in [1.165, 1.54) is 12.7 Å². The molecule has 1 aromatic heterocycles. The molecule has 2 fully saturated rings. The first-order chi connectivity index (χ1) is 15.0. The van der Waals surface area contributed by atoms with Gasteiger partial charge in [-0.05, 0) is 54.8 Å². The summed E-state index contributed by atoms with van der Waals surface area (Å²) in [5.74, 6) is -0.0617. The number of aliphatic hydroxyl groups is 1. The van der Waals surface area contributed by atoms with Crippen molar-refractivity contribution < 1.29 is 19.4 Å². The van der Waals surface area contributed by atoms with Crippen LogP contribution in [0.4, 0.5) is 9.59 Å². The van der Waals surface area contributed by atoms with Crippen LogP contribution in [0.2, 0.25) is 0 Å². The van der Waals surface area contributed by atoms with Gasteiger partial charge in [0.1, 0.15) is 0 Å². The maximum absolute atomic E-state index is 13.2. The Bertz CT molecular complexity index is 939. The second kappa shape index (κ2) is 9.18. The van der Waals surface area contributed by atoms with Crippen molar-refractivity contribution in [3.63, 3.8) is 0 Å². The van der Waals surface area contributed by atoms with E-state index in [1.807, 2.05) is 4.90 Å². The molecular formula is C23H32N4O4. The molecule has 0 unspecified atom stereocenters. The molecule has 0 radical (unpaired) electrons. The number of nitrogens with zero attached hydrogens (tertiary/aromatic N) is 2. The van der Waals surface area contributed by atoms with Crippen LogP contribution in [0.15, 0.2) is 24.3 Å². The van der Waals surface area contributed by atoms with E-state index in [9.17, 15) is 14.7 Å². The summed E-state index contributed by atoms with van der Waals surface area (Å²) in [6.07, 6.45) is 3.20. The standard InChI is InChI=1S/C23H32N4O4/c1-3-15-4-7-21-17(8-15)10-18(25-21)11-24-22(29)27(19-5-6-19)20-9-16(14-28)12-26(13-20)23(30)31-2/h4,7-8,10,16,19-20,25,28H,3,5-6,9,11-14H2,1-2H3,(H,24,29)/t16-,20+/m0/s1. The molecule has 2 atom stereocenters. The Morgan fingerprint density at radius 1 is 1.26 bits per heavy atom. The molecule has 1 aliphatic carbocycles. The average Bonchev–Trinajstić information content (AvgIpc) is 3.54. The van der Waals surface area contributed by atoms with Crippen molar-refractivity contribution >= 4 is 23.0 Å². The zero-order valence-electron chi connectivity index (χ0n) is 18.3. The van der Waals surface area contributed by atoms with E-state index in [4.69, 9.17) is 4.74 Å². The fourth-order valence-electron chi connectivity index (χ4n) is 4.59. The highest BCUT2D eigenvalue weighted by Crippen LogP contribution is 2.33. The number of nitrogens with one attached hydrogen (secondary N) is 2. The maximum Gasteiger partial charge on any atom is 0.409 e. The van der Waals surface area contributed by atoms with Gasteiger partial charge in [-0.25, -0.2) is 9.59 Å². The lowest BCUT2D eigenvalue weighted by molar-refractivity contribution is 0.0464. The Kier molecular flexibility index (Phi) is 6.36. The number of aromatic amines is 1. The fourth-order valence-corrected chi connectivity index (χ4v) is 4.59. The molecule has 2 aliphatic rings. The van der Waals surface area contributed by atoms with Crippen LogP contribution in [-0.4, -0.2) is 70.9 Å². The number of ether oxygens (including phenoxy) is 1. The quantitative estimate of drug-likeness (QED) is 0.659. The van der Waals surface area contributed by atoms with Crippen molar-refractivity contribution in [3.05, 3.63) is 35.5 Å². The van der Waals surface area contributed by atoms with Crippen molar-refractivity contribution in [2.24, 2.45) is 5.92 Å². The fraction of sp³-hybridized carbons (Fsp3) is 0.565. The maximum atomic E-state index is 13.2. The number of likely N-dealkylation sites (tertiary alicyclic amines) is 1. The summed E-state index contributed by atoms with van der Waals surface area (Å²) in [5.41, 5.74) is 3.31. The van der Waals surface area contributed by atoms with Gasteiger partial charge in [-0.1, -0.05) is 13.0 Å². The number of H-pyrrole nitrogens is 1. The number of aryl methyl sites for hydroxylation is 1. The van der Waals surface area contributed by atoms with Crippen LogP contribution in [-0.2, 0) is 17.7 Å². The molecule has 168 valence electrons. The summed E-state index contributed by atoms with van der Waals surface area (Å²) in [5, 5.41) is 13.9. The third-order valence-corrected chi connectivity index (χ3v) is 6.35. The number of carbonyl (C=O) groups is 2. The number of amides is 3. The number of benzene rings is 1. The van der Waals surface area contributed by atoms with Gasteiger partial charge in [0.25, 0.3) is 0 Å². The number of hydrogen-bond acceptors (Lipinski definition) is 4. The molecule has 1 saturated carbocycles. The Hall–Kier alpha value is -2.74. The first-order valence-electron chi connectivity index (χ1n) is 11.1. The minimum atomic E-state index is -0.413. The SMILES string of the molecule is CCc1ccc2[nH]c(CNC(=O)N(C3CC3)[C@@H]3C[C@H](CO)CN(C(=O)OC)C3)cc2c1. The van der Waals surface area contributed by atoms with E-state index < -0.39 is 6.09 Å². The monoisotopic (exact) mass is 428 g/mol. The van der Waals surface area contributed by atoms with Gasteiger partial charge < -0.3 is 29.9 Å². The second-order valence-electron chi connectivity index (χ2n) is 8.68. The smallest absolute Gasteiger partial charge is 0.409 e. The third kappa shape index (κ3) is 4.79. The summed E-state index contributed by atoms with van der Waals surface area (Å²) in [7, 11) is 1.36. The van der Waals surface area contributed by atoms with Crippen LogP contribution in [0.5, 0.6) is 0 Å². The summed E-state index contributed by atoms with van der Waals surface area (Å²) >= 11 is 0. The largest absolute Gasteiger partial charge is 0.453 e. The molecule has 8 heteroatoms. The number of aliphatic hydroxyl groups excluding tert-OH is 1. The van der Waals surface area contributed by atoms with E-state index in [0.29, 0.717) is 26.1 Å². The number of aromatic nitrogens is 1. The van der Waals surface area contributed by atoms with Gasteiger partial charge in [0.05, 0.1) is 19.7 Å². The number of methoxy groups -OCH3 is 1. The molecule has 4 rings (SSSR count). The van der Waals surface area contributed by atoms with Crippen LogP contribution >= 0.6 is 0 Å². The van der Waals surface area contributed by atoms with E-state index in [0.717, 1.165) is 35.9 Å². The molecule has 31 heavy (non-hydrogen) atoms.